The highest BCUT2D eigenvalue weighted by molar-refractivity contribution is 6.05. The lowest BCUT2D eigenvalue weighted by Gasteiger charge is -1.95. The Morgan fingerprint density at radius 2 is 0.725 bits per heavy atom. The maximum atomic E-state index is 4.94. The average Bonchev–Trinajstić information content (AvgIpc) is 3.73. The van der Waals surface area contributed by atoms with Crippen LogP contribution in [0, 0.1) is 0 Å². The minimum absolute atomic E-state index is 0.483. The molecule has 0 radical (unpaired) electrons. The van der Waals surface area contributed by atoms with Crippen LogP contribution in [0.3, 0.4) is 0 Å². The summed E-state index contributed by atoms with van der Waals surface area (Å²) < 4.78 is 0. The molecule has 40 heavy (non-hydrogen) atoms. The third-order valence-corrected chi connectivity index (χ3v) is 7.04. The fraction of sp³-hybridized carbons (Fsp3) is 0. The minimum atomic E-state index is 0.483. The van der Waals surface area contributed by atoms with E-state index in [1.165, 1.54) is 0 Å². The van der Waals surface area contributed by atoms with Gasteiger partial charge in [-0.3, -0.25) is 19.9 Å². The molecule has 0 aliphatic carbocycles. The minimum Gasteiger partial charge on any atom is -0.324 e. The van der Waals surface area contributed by atoms with Crippen LogP contribution in [0.2, 0.25) is 0 Å². The molecular formula is C28H14N12. The first-order valence-electron chi connectivity index (χ1n) is 12.4. The molecule has 7 aromatic rings. The second kappa shape index (κ2) is 7.74. The largest absolute Gasteiger partial charge is 0.324 e. The molecule has 9 rings (SSSR count). The SMILES string of the molecule is c1cc2c(cn1)-c1nc-2nc2[nH]c(nc3nc(nc4[nH]c(n1)c1ccncc41)-c1ccncc1-3)c1cnccc21. The summed E-state index contributed by atoms with van der Waals surface area (Å²) in [4.78, 5) is 53.4. The van der Waals surface area contributed by atoms with Crippen molar-refractivity contribution in [1.29, 1.82) is 0 Å². The molecule has 0 saturated carbocycles. The highest BCUT2D eigenvalue weighted by Crippen LogP contribution is 2.35. The van der Waals surface area contributed by atoms with E-state index in [1.54, 1.807) is 49.6 Å². The van der Waals surface area contributed by atoms with Crippen molar-refractivity contribution in [1.82, 2.24) is 59.8 Å². The Morgan fingerprint density at radius 1 is 0.350 bits per heavy atom. The number of pyridine rings is 4. The number of rotatable bonds is 0. The fourth-order valence-corrected chi connectivity index (χ4v) is 5.17. The highest BCUT2D eigenvalue weighted by Gasteiger charge is 2.22. The van der Waals surface area contributed by atoms with Crippen molar-refractivity contribution in [3.8, 4) is 45.6 Å². The maximum Gasteiger partial charge on any atom is 0.166 e. The maximum absolute atomic E-state index is 4.94. The van der Waals surface area contributed by atoms with Gasteiger partial charge in [-0.25, -0.2) is 29.9 Å². The van der Waals surface area contributed by atoms with Gasteiger partial charge in [-0.1, -0.05) is 0 Å². The van der Waals surface area contributed by atoms with Crippen molar-refractivity contribution >= 4 is 44.1 Å². The van der Waals surface area contributed by atoms with Crippen molar-refractivity contribution in [3.05, 3.63) is 73.8 Å². The highest BCUT2D eigenvalue weighted by atomic mass is 15.1. The van der Waals surface area contributed by atoms with Gasteiger partial charge < -0.3 is 9.97 Å². The van der Waals surface area contributed by atoms with Gasteiger partial charge in [0.25, 0.3) is 0 Å². The Labute approximate surface area is 223 Å². The summed E-state index contributed by atoms with van der Waals surface area (Å²) >= 11 is 0. The van der Waals surface area contributed by atoms with Crippen LogP contribution in [0.5, 0.6) is 0 Å². The lowest BCUT2D eigenvalue weighted by molar-refractivity contribution is 1.19. The number of aromatic amines is 2. The van der Waals surface area contributed by atoms with Crippen LogP contribution in [0.4, 0.5) is 0 Å². The third-order valence-electron chi connectivity index (χ3n) is 7.04. The van der Waals surface area contributed by atoms with Gasteiger partial charge in [-0.05, 0) is 24.3 Å². The van der Waals surface area contributed by atoms with E-state index in [0.29, 0.717) is 45.9 Å². The standard InChI is InChI=1S/C28H14N12/c1-5-29-9-17-13(1)21-33-22-14-2-6-31-11-19(14)27(35-22)40-28-20-12-32-8-4-16(20)24(39-28)38-26-18-10-30-7-3-15(18)23(37-26)36-25(17)34-21/h1-12H,(H2,33,34,35,36,37,38,39,40). The smallest absolute Gasteiger partial charge is 0.166 e. The molecule has 12 nitrogen and oxygen atoms in total. The molecule has 0 amide bonds. The molecule has 0 aromatic carbocycles. The average molecular weight is 519 g/mol. The van der Waals surface area contributed by atoms with Crippen molar-refractivity contribution in [3.63, 3.8) is 0 Å². The van der Waals surface area contributed by atoms with E-state index in [1.807, 2.05) is 24.3 Å². The number of fused-ring (bicyclic) bond motifs is 20. The van der Waals surface area contributed by atoms with Crippen LogP contribution in [0.1, 0.15) is 0 Å². The van der Waals surface area contributed by atoms with E-state index in [0.717, 1.165) is 43.8 Å². The Bertz CT molecular complexity index is 2030. The van der Waals surface area contributed by atoms with Crippen molar-refractivity contribution in [2.45, 2.75) is 0 Å². The van der Waals surface area contributed by atoms with Gasteiger partial charge in [0.05, 0.1) is 0 Å². The quantitative estimate of drug-likeness (QED) is 0.293. The zero-order chi connectivity index (χ0) is 26.2. The molecule has 186 valence electrons. The molecule has 0 fully saturated rings. The molecule has 2 aliphatic heterocycles. The van der Waals surface area contributed by atoms with Crippen molar-refractivity contribution in [2.24, 2.45) is 0 Å². The zero-order valence-corrected chi connectivity index (χ0v) is 20.4. The van der Waals surface area contributed by atoms with Gasteiger partial charge in [0, 0.05) is 93.4 Å². The molecule has 2 aliphatic rings. The monoisotopic (exact) mass is 518 g/mol. The molecule has 0 atom stereocenters. The van der Waals surface area contributed by atoms with Crippen LogP contribution in [-0.4, -0.2) is 59.8 Å². The second-order valence-corrected chi connectivity index (χ2v) is 9.29. The molecule has 0 unspecified atom stereocenters. The molecule has 8 bridgehead atoms. The van der Waals surface area contributed by atoms with E-state index >= 15 is 0 Å². The molecule has 0 spiro atoms. The molecule has 12 heteroatoms. The first-order valence-corrected chi connectivity index (χ1v) is 12.4. The van der Waals surface area contributed by atoms with Gasteiger partial charge in [-0.2, -0.15) is 0 Å². The zero-order valence-electron chi connectivity index (χ0n) is 20.4. The fourth-order valence-electron chi connectivity index (χ4n) is 5.17. The van der Waals surface area contributed by atoms with Crippen LogP contribution in [0.15, 0.2) is 73.8 Å². The molecule has 7 aromatic heterocycles. The van der Waals surface area contributed by atoms with Gasteiger partial charge in [-0.15, -0.1) is 0 Å². The first kappa shape index (κ1) is 21.0. The lowest BCUT2D eigenvalue weighted by Crippen LogP contribution is -1.83. The summed E-state index contributed by atoms with van der Waals surface area (Å²) in [5, 5.41) is 3.31. The third kappa shape index (κ3) is 2.95. The van der Waals surface area contributed by atoms with Crippen LogP contribution in [-0.2, 0) is 0 Å². The van der Waals surface area contributed by atoms with E-state index < -0.39 is 0 Å². The number of hydrogen-bond acceptors (Lipinski definition) is 10. The van der Waals surface area contributed by atoms with Crippen LogP contribution >= 0.6 is 0 Å². The Kier molecular flexibility index (Phi) is 4.05. The van der Waals surface area contributed by atoms with Crippen molar-refractivity contribution < 1.29 is 0 Å². The number of nitrogens with zero attached hydrogens (tertiary/aromatic N) is 10. The van der Waals surface area contributed by atoms with E-state index in [9.17, 15) is 0 Å². The summed E-state index contributed by atoms with van der Waals surface area (Å²) in [7, 11) is 0. The van der Waals surface area contributed by atoms with Crippen molar-refractivity contribution in [2.75, 3.05) is 0 Å². The molecule has 2 N–H and O–H groups in total. The lowest BCUT2D eigenvalue weighted by atomic mass is 10.1. The second-order valence-electron chi connectivity index (χ2n) is 9.29. The number of H-pyrrole nitrogens is 2. The first-order chi connectivity index (χ1) is 19.8. The Morgan fingerprint density at radius 3 is 1.20 bits per heavy atom. The van der Waals surface area contributed by atoms with E-state index in [2.05, 4.69) is 29.9 Å². The van der Waals surface area contributed by atoms with E-state index in [-0.39, 0.29) is 0 Å². The summed E-state index contributed by atoms with van der Waals surface area (Å²) in [6, 6.07) is 7.56. The number of aromatic nitrogens is 12. The molecular weight excluding hydrogens is 504 g/mol. The van der Waals surface area contributed by atoms with Crippen LogP contribution in [0.25, 0.3) is 89.7 Å². The summed E-state index contributed by atoms with van der Waals surface area (Å²) in [5.41, 5.74) is 5.55. The Hall–Kier alpha value is -6.04. The normalized spacial score (nSPS) is 12.0. The van der Waals surface area contributed by atoms with Gasteiger partial charge in [0.15, 0.2) is 23.3 Å². The molecule has 0 saturated heterocycles. The predicted molar refractivity (Wildman–Crippen MR) is 147 cm³/mol. The summed E-state index contributed by atoms with van der Waals surface area (Å²) in [5.74, 6) is 1.99. The van der Waals surface area contributed by atoms with Gasteiger partial charge in [0.1, 0.15) is 22.6 Å². The number of hydrogen-bond donors (Lipinski definition) is 2. The van der Waals surface area contributed by atoms with E-state index in [4.69, 9.17) is 29.9 Å². The Balaban J connectivity index is 1.51. The van der Waals surface area contributed by atoms with Crippen LogP contribution < -0.4 is 0 Å². The predicted octanol–water partition coefficient (Wildman–Crippen LogP) is 4.45. The van der Waals surface area contributed by atoms with Gasteiger partial charge >= 0.3 is 0 Å². The summed E-state index contributed by atoms with van der Waals surface area (Å²) in [6.07, 6.45) is 13.9. The summed E-state index contributed by atoms with van der Waals surface area (Å²) in [6.45, 7) is 0. The van der Waals surface area contributed by atoms with Gasteiger partial charge in [0.2, 0.25) is 0 Å². The number of nitrogens with one attached hydrogen (secondary N) is 2. The molecule has 9 heterocycles. The topological polar surface area (TPSA) is 160 Å².